The minimum Gasteiger partial charge on any atom is -0.374 e. The number of likely N-dealkylation sites (N-methyl/N-ethyl adjacent to an activating group) is 1. The number of nitrogens with zero attached hydrogens (tertiary/aromatic N) is 3. The van der Waals surface area contributed by atoms with Crippen LogP contribution >= 0.6 is 11.6 Å². The number of anilines is 2. The first-order valence-corrected chi connectivity index (χ1v) is 11.2. The van der Waals surface area contributed by atoms with E-state index in [1.807, 2.05) is 6.07 Å². The summed E-state index contributed by atoms with van der Waals surface area (Å²) in [6.07, 6.45) is 3.27. The highest BCUT2D eigenvalue weighted by Crippen LogP contribution is 2.32. The molecule has 2 aromatic carbocycles. The molecular weight excluding hydrogens is 426 g/mol. The van der Waals surface area contributed by atoms with E-state index in [1.54, 1.807) is 6.07 Å². The fraction of sp³-hybridized carbons (Fsp3) is 0.375. The van der Waals surface area contributed by atoms with E-state index >= 15 is 0 Å². The fourth-order valence-electron chi connectivity index (χ4n) is 4.47. The molecule has 0 aromatic heterocycles. The highest BCUT2D eigenvalue weighted by molar-refractivity contribution is 6.40. The van der Waals surface area contributed by atoms with Crippen LogP contribution in [-0.2, 0) is 16.0 Å². The molecule has 1 atom stereocenters. The van der Waals surface area contributed by atoms with Gasteiger partial charge in [0.2, 0.25) is 0 Å². The van der Waals surface area contributed by atoms with Gasteiger partial charge in [0.1, 0.15) is 6.07 Å². The van der Waals surface area contributed by atoms with Crippen molar-refractivity contribution in [1.82, 2.24) is 10.2 Å². The van der Waals surface area contributed by atoms with Crippen LogP contribution in [0.1, 0.15) is 35.6 Å². The van der Waals surface area contributed by atoms with Crippen molar-refractivity contribution in [3.05, 3.63) is 58.1 Å². The number of halogens is 1. The van der Waals surface area contributed by atoms with Crippen LogP contribution in [0.5, 0.6) is 0 Å². The normalized spacial score (nSPS) is 16.3. The van der Waals surface area contributed by atoms with Crippen molar-refractivity contribution in [3.63, 3.8) is 0 Å². The van der Waals surface area contributed by atoms with Gasteiger partial charge in [-0.05, 0) is 67.7 Å². The third-order valence-electron chi connectivity index (χ3n) is 6.21. The Balaban J connectivity index is 1.45. The number of likely N-dealkylation sites (tertiary alicyclic amines) is 1. The Labute approximate surface area is 192 Å². The second-order valence-electron chi connectivity index (χ2n) is 8.28. The molecule has 0 bridgehead atoms. The van der Waals surface area contributed by atoms with Crippen molar-refractivity contribution in [1.29, 1.82) is 5.26 Å². The van der Waals surface area contributed by atoms with Gasteiger partial charge in [0.05, 0.1) is 17.3 Å². The monoisotopic (exact) mass is 451 g/mol. The van der Waals surface area contributed by atoms with Gasteiger partial charge in [0.25, 0.3) is 0 Å². The summed E-state index contributed by atoms with van der Waals surface area (Å²) in [6.45, 7) is 3.29. The lowest BCUT2D eigenvalue weighted by Crippen LogP contribution is -2.41. The molecule has 0 saturated carbocycles. The topological polar surface area (TPSA) is 88.5 Å². The maximum absolute atomic E-state index is 12.5. The molecule has 2 aliphatic rings. The van der Waals surface area contributed by atoms with E-state index in [2.05, 4.69) is 45.7 Å². The lowest BCUT2D eigenvalue weighted by atomic mass is 10.0. The number of nitriles is 1. The van der Waals surface area contributed by atoms with Crippen molar-refractivity contribution < 1.29 is 9.59 Å². The molecule has 32 heavy (non-hydrogen) atoms. The summed E-state index contributed by atoms with van der Waals surface area (Å²) in [5.74, 6) is -1.56. The molecule has 4 rings (SSSR count). The molecule has 2 aromatic rings. The van der Waals surface area contributed by atoms with Crippen LogP contribution in [0.4, 0.5) is 11.4 Å². The standard InChI is InChI=1S/C24H26ClN5O2/c1-29-11-8-17-12-16(5-7-21(17)29)22(30-9-2-3-10-30)15-27-23(31)24(32)28-20-13-19(25)6-4-18(20)14-26/h4-7,12-13,22H,2-3,8-11,15H2,1H3,(H,27,31)(H,28,32)/t22-/m0/s1. The molecule has 1 saturated heterocycles. The lowest BCUT2D eigenvalue weighted by Gasteiger charge is -2.28. The fourth-order valence-corrected chi connectivity index (χ4v) is 4.64. The first-order valence-electron chi connectivity index (χ1n) is 10.8. The predicted octanol–water partition coefficient (Wildman–Crippen LogP) is 3.10. The van der Waals surface area contributed by atoms with Crippen LogP contribution in [0.3, 0.4) is 0 Å². The van der Waals surface area contributed by atoms with Gasteiger partial charge in [-0.3, -0.25) is 14.5 Å². The summed E-state index contributed by atoms with van der Waals surface area (Å²) >= 11 is 5.96. The van der Waals surface area contributed by atoms with Crippen molar-refractivity contribution in [3.8, 4) is 6.07 Å². The maximum atomic E-state index is 12.5. The Kier molecular flexibility index (Phi) is 6.63. The van der Waals surface area contributed by atoms with E-state index in [-0.39, 0.29) is 17.3 Å². The van der Waals surface area contributed by atoms with Crippen LogP contribution in [0, 0.1) is 11.3 Å². The van der Waals surface area contributed by atoms with Gasteiger partial charge in [0.15, 0.2) is 0 Å². The van der Waals surface area contributed by atoms with Gasteiger partial charge < -0.3 is 15.5 Å². The third kappa shape index (κ3) is 4.72. The molecule has 2 aliphatic heterocycles. The second-order valence-corrected chi connectivity index (χ2v) is 8.72. The highest BCUT2D eigenvalue weighted by atomic mass is 35.5. The molecule has 2 N–H and O–H groups in total. The summed E-state index contributed by atoms with van der Waals surface area (Å²) in [5.41, 5.74) is 4.20. The van der Waals surface area contributed by atoms with E-state index in [0.29, 0.717) is 11.6 Å². The van der Waals surface area contributed by atoms with Crippen LogP contribution < -0.4 is 15.5 Å². The molecule has 0 aliphatic carbocycles. The van der Waals surface area contributed by atoms with Crippen molar-refractivity contribution in [2.24, 2.45) is 0 Å². The minimum absolute atomic E-state index is 0.00583. The van der Waals surface area contributed by atoms with Crippen LogP contribution in [0.15, 0.2) is 36.4 Å². The Morgan fingerprint density at radius 2 is 1.91 bits per heavy atom. The van der Waals surface area contributed by atoms with Gasteiger partial charge in [-0.2, -0.15) is 5.26 Å². The van der Waals surface area contributed by atoms with Crippen LogP contribution in [-0.4, -0.2) is 49.9 Å². The first kappa shape index (κ1) is 22.1. The van der Waals surface area contributed by atoms with Crippen molar-refractivity contribution in [2.75, 3.05) is 43.4 Å². The predicted molar refractivity (Wildman–Crippen MR) is 125 cm³/mol. The third-order valence-corrected chi connectivity index (χ3v) is 6.45. The van der Waals surface area contributed by atoms with Gasteiger partial charge in [0, 0.05) is 30.8 Å². The SMILES string of the molecule is CN1CCc2cc([C@H](CNC(=O)C(=O)Nc3cc(Cl)ccc3C#N)N3CCCC3)ccc21. The zero-order chi connectivity index (χ0) is 22.7. The van der Waals surface area contributed by atoms with Crippen molar-refractivity contribution >= 4 is 34.8 Å². The summed E-state index contributed by atoms with van der Waals surface area (Å²) in [6, 6.07) is 13.0. The number of carbonyl (C=O) groups excluding carboxylic acids is 2. The van der Waals surface area contributed by atoms with Gasteiger partial charge >= 0.3 is 11.8 Å². The summed E-state index contributed by atoms with van der Waals surface area (Å²) in [7, 11) is 2.10. The van der Waals surface area contributed by atoms with Crippen LogP contribution in [0.2, 0.25) is 5.02 Å². The number of hydrogen-bond donors (Lipinski definition) is 2. The summed E-state index contributed by atoms with van der Waals surface area (Å²) in [5, 5.41) is 14.9. The number of benzene rings is 2. The average Bonchev–Trinajstić information content (AvgIpc) is 3.44. The maximum Gasteiger partial charge on any atom is 0.313 e. The van der Waals surface area contributed by atoms with E-state index in [4.69, 9.17) is 11.6 Å². The molecule has 7 nitrogen and oxygen atoms in total. The molecule has 2 amide bonds. The highest BCUT2D eigenvalue weighted by Gasteiger charge is 2.27. The number of nitrogens with one attached hydrogen (secondary N) is 2. The Bertz CT molecular complexity index is 1070. The van der Waals surface area contributed by atoms with Crippen molar-refractivity contribution in [2.45, 2.75) is 25.3 Å². The van der Waals surface area contributed by atoms with E-state index in [1.165, 1.54) is 23.4 Å². The molecule has 1 fully saturated rings. The van der Waals surface area contributed by atoms with E-state index < -0.39 is 11.8 Å². The second kappa shape index (κ2) is 9.60. The number of amides is 2. The molecule has 0 unspecified atom stereocenters. The zero-order valence-corrected chi connectivity index (χ0v) is 18.8. The Morgan fingerprint density at radius 1 is 1.12 bits per heavy atom. The molecule has 8 heteroatoms. The Morgan fingerprint density at radius 3 is 2.66 bits per heavy atom. The number of rotatable bonds is 5. The largest absolute Gasteiger partial charge is 0.374 e. The quantitative estimate of drug-likeness (QED) is 0.682. The smallest absolute Gasteiger partial charge is 0.313 e. The average molecular weight is 452 g/mol. The Hall–Kier alpha value is -3.08. The molecule has 0 spiro atoms. The molecule has 2 heterocycles. The lowest BCUT2D eigenvalue weighted by molar-refractivity contribution is -0.136. The minimum atomic E-state index is -0.820. The zero-order valence-electron chi connectivity index (χ0n) is 18.0. The van der Waals surface area contributed by atoms with Crippen LogP contribution in [0.25, 0.3) is 0 Å². The first-order chi connectivity index (χ1) is 15.5. The number of carbonyl (C=O) groups is 2. The van der Waals surface area contributed by atoms with Gasteiger partial charge in [-0.15, -0.1) is 0 Å². The number of fused-ring (bicyclic) bond motifs is 1. The molecular formula is C24H26ClN5O2. The molecule has 166 valence electrons. The summed E-state index contributed by atoms with van der Waals surface area (Å²) < 4.78 is 0. The molecule has 0 radical (unpaired) electrons. The number of hydrogen-bond acceptors (Lipinski definition) is 5. The van der Waals surface area contributed by atoms with Gasteiger partial charge in [-0.1, -0.05) is 23.7 Å². The van der Waals surface area contributed by atoms with E-state index in [9.17, 15) is 14.9 Å². The van der Waals surface area contributed by atoms with E-state index in [0.717, 1.165) is 44.5 Å². The summed E-state index contributed by atoms with van der Waals surface area (Å²) in [4.78, 5) is 29.6. The van der Waals surface area contributed by atoms with Gasteiger partial charge in [-0.25, -0.2) is 0 Å².